The van der Waals surface area contributed by atoms with Crippen LogP contribution >= 0.6 is 11.6 Å². The summed E-state index contributed by atoms with van der Waals surface area (Å²) in [5.74, 6) is -0.0840. The van der Waals surface area contributed by atoms with Crippen molar-refractivity contribution in [2.24, 2.45) is 5.92 Å². The van der Waals surface area contributed by atoms with Gasteiger partial charge in [0.25, 0.3) is 0 Å². The van der Waals surface area contributed by atoms with Gasteiger partial charge in [-0.3, -0.25) is 4.79 Å². The minimum Gasteiger partial charge on any atom is -0.445 e. The van der Waals surface area contributed by atoms with Crippen molar-refractivity contribution in [2.75, 3.05) is 0 Å². The van der Waals surface area contributed by atoms with E-state index in [1.165, 1.54) is 0 Å². The molecule has 0 aliphatic heterocycles. The van der Waals surface area contributed by atoms with Gasteiger partial charge in [0.15, 0.2) is 0 Å². The third-order valence-corrected chi connectivity index (χ3v) is 2.63. The highest BCUT2D eigenvalue weighted by Crippen LogP contribution is 2.06. The van der Waals surface area contributed by atoms with Crippen molar-refractivity contribution < 1.29 is 14.3 Å². The predicted molar refractivity (Wildman–Crippen MR) is 69.2 cm³/mol. The molecule has 1 amide bonds. The molecule has 0 fully saturated rings. The lowest BCUT2D eigenvalue weighted by Crippen LogP contribution is -2.42. The zero-order chi connectivity index (χ0) is 13.5. The van der Waals surface area contributed by atoms with Crippen LogP contribution in [-0.4, -0.2) is 17.4 Å². The molecule has 0 heterocycles. The number of alkyl carbamates (subject to hydrolysis) is 1. The fourth-order valence-electron chi connectivity index (χ4n) is 1.38. The Balaban J connectivity index is 2.44. The van der Waals surface area contributed by atoms with E-state index in [2.05, 4.69) is 5.32 Å². The Morgan fingerprint density at radius 3 is 2.39 bits per heavy atom. The lowest BCUT2D eigenvalue weighted by Gasteiger charge is -2.17. The molecule has 1 N–H and O–H groups in total. The van der Waals surface area contributed by atoms with Crippen molar-refractivity contribution in [3.63, 3.8) is 0 Å². The SMILES string of the molecule is CC(C)[C@H](NC(=O)OCc1ccccc1)C(=O)Cl. The molecule has 1 aromatic rings. The minimum atomic E-state index is -0.727. The molecule has 0 saturated heterocycles. The fraction of sp³-hybridized carbons (Fsp3) is 0.385. The monoisotopic (exact) mass is 269 g/mol. The zero-order valence-electron chi connectivity index (χ0n) is 10.4. The Kier molecular flexibility index (Phi) is 5.65. The quantitative estimate of drug-likeness (QED) is 0.836. The van der Waals surface area contributed by atoms with E-state index in [0.29, 0.717) is 0 Å². The molecule has 0 spiro atoms. The number of halogens is 1. The summed E-state index contributed by atoms with van der Waals surface area (Å²) in [4.78, 5) is 22.6. The molecule has 18 heavy (non-hydrogen) atoms. The van der Waals surface area contributed by atoms with E-state index in [1.54, 1.807) is 13.8 Å². The van der Waals surface area contributed by atoms with E-state index in [-0.39, 0.29) is 12.5 Å². The third-order valence-electron chi connectivity index (χ3n) is 2.40. The molecule has 0 saturated carbocycles. The number of benzene rings is 1. The Morgan fingerprint density at radius 2 is 1.89 bits per heavy atom. The summed E-state index contributed by atoms with van der Waals surface area (Å²) in [6.07, 6.45) is -0.647. The highest BCUT2D eigenvalue weighted by molar-refractivity contribution is 6.64. The van der Waals surface area contributed by atoms with Crippen LogP contribution in [0.25, 0.3) is 0 Å². The summed E-state index contributed by atoms with van der Waals surface area (Å²) in [6.45, 7) is 3.75. The van der Waals surface area contributed by atoms with Crippen LogP contribution in [0.5, 0.6) is 0 Å². The summed E-state index contributed by atoms with van der Waals surface area (Å²) >= 11 is 5.39. The number of rotatable bonds is 5. The summed E-state index contributed by atoms with van der Waals surface area (Å²) < 4.78 is 5.00. The molecule has 0 aromatic heterocycles. The van der Waals surface area contributed by atoms with Gasteiger partial charge in [-0.15, -0.1) is 0 Å². The van der Waals surface area contributed by atoms with E-state index in [9.17, 15) is 9.59 Å². The molecular weight excluding hydrogens is 254 g/mol. The van der Waals surface area contributed by atoms with Crippen molar-refractivity contribution in [1.29, 1.82) is 0 Å². The Morgan fingerprint density at radius 1 is 1.28 bits per heavy atom. The normalized spacial score (nSPS) is 12.0. The molecule has 5 heteroatoms. The molecule has 1 atom stereocenters. The van der Waals surface area contributed by atoms with Crippen molar-refractivity contribution in [3.8, 4) is 0 Å². The van der Waals surface area contributed by atoms with Crippen LogP contribution in [-0.2, 0) is 16.1 Å². The zero-order valence-corrected chi connectivity index (χ0v) is 11.1. The molecule has 0 aliphatic carbocycles. The number of hydrogen-bond acceptors (Lipinski definition) is 3. The number of hydrogen-bond donors (Lipinski definition) is 1. The number of amides is 1. The van der Waals surface area contributed by atoms with Gasteiger partial charge in [0, 0.05) is 0 Å². The second-order valence-electron chi connectivity index (χ2n) is 4.23. The molecular formula is C13H16ClNO3. The summed E-state index contributed by atoms with van der Waals surface area (Å²) in [5, 5.41) is 1.85. The first-order chi connectivity index (χ1) is 8.50. The summed E-state index contributed by atoms with van der Waals surface area (Å²) in [7, 11) is 0. The minimum absolute atomic E-state index is 0.0840. The lowest BCUT2D eigenvalue weighted by molar-refractivity contribution is -0.114. The van der Waals surface area contributed by atoms with Crippen molar-refractivity contribution in [3.05, 3.63) is 35.9 Å². The van der Waals surface area contributed by atoms with Gasteiger partial charge < -0.3 is 10.1 Å². The van der Waals surface area contributed by atoms with Gasteiger partial charge in [-0.2, -0.15) is 0 Å². The molecule has 98 valence electrons. The summed E-state index contributed by atoms with van der Waals surface area (Å²) in [6, 6.07) is 8.56. The van der Waals surface area contributed by atoms with Gasteiger partial charge in [0.1, 0.15) is 12.6 Å². The second-order valence-corrected chi connectivity index (χ2v) is 4.60. The first kappa shape index (κ1) is 14.5. The fourth-order valence-corrected chi connectivity index (χ4v) is 1.68. The van der Waals surface area contributed by atoms with Crippen LogP contribution in [0.15, 0.2) is 30.3 Å². The predicted octanol–water partition coefficient (Wildman–Crippen LogP) is 2.70. The maximum atomic E-state index is 11.5. The maximum Gasteiger partial charge on any atom is 0.408 e. The van der Waals surface area contributed by atoms with Crippen molar-refractivity contribution in [1.82, 2.24) is 5.32 Å². The average molecular weight is 270 g/mol. The van der Waals surface area contributed by atoms with Crippen LogP contribution in [0.1, 0.15) is 19.4 Å². The second kappa shape index (κ2) is 7.01. The largest absolute Gasteiger partial charge is 0.445 e. The van der Waals surface area contributed by atoms with Crippen molar-refractivity contribution >= 4 is 22.9 Å². The van der Waals surface area contributed by atoms with Crippen LogP contribution in [0, 0.1) is 5.92 Å². The first-order valence-electron chi connectivity index (χ1n) is 5.67. The van der Waals surface area contributed by atoms with Gasteiger partial charge in [0.05, 0.1) is 0 Å². The van der Waals surface area contributed by atoms with Crippen molar-refractivity contribution in [2.45, 2.75) is 26.5 Å². The lowest BCUT2D eigenvalue weighted by atomic mass is 10.1. The van der Waals surface area contributed by atoms with E-state index < -0.39 is 17.4 Å². The first-order valence-corrected chi connectivity index (χ1v) is 6.05. The summed E-state index contributed by atoms with van der Waals surface area (Å²) in [5.41, 5.74) is 0.881. The molecule has 1 rings (SSSR count). The highest BCUT2D eigenvalue weighted by atomic mass is 35.5. The number of carbonyl (C=O) groups excluding carboxylic acids is 2. The van der Waals surface area contributed by atoms with Crippen LogP contribution < -0.4 is 5.32 Å². The van der Waals surface area contributed by atoms with Gasteiger partial charge in [-0.05, 0) is 23.1 Å². The molecule has 0 aliphatic rings. The van der Waals surface area contributed by atoms with E-state index in [4.69, 9.17) is 16.3 Å². The molecule has 0 radical (unpaired) electrons. The Hall–Kier alpha value is -1.55. The Bertz CT molecular complexity index is 406. The van der Waals surface area contributed by atoms with Crippen LogP contribution in [0.3, 0.4) is 0 Å². The molecule has 4 nitrogen and oxygen atoms in total. The van der Waals surface area contributed by atoms with E-state index in [0.717, 1.165) is 5.56 Å². The topological polar surface area (TPSA) is 55.4 Å². The molecule has 0 bridgehead atoms. The van der Waals surface area contributed by atoms with E-state index in [1.807, 2.05) is 30.3 Å². The van der Waals surface area contributed by atoms with Gasteiger partial charge >= 0.3 is 6.09 Å². The molecule has 1 aromatic carbocycles. The van der Waals surface area contributed by atoms with Gasteiger partial charge in [-0.1, -0.05) is 44.2 Å². The van der Waals surface area contributed by atoms with Gasteiger partial charge in [-0.25, -0.2) is 4.79 Å². The highest BCUT2D eigenvalue weighted by Gasteiger charge is 2.22. The van der Waals surface area contributed by atoms with Gasteiger partial charge in [0.2, 0.25) is 5.24 Å². The van der Waals surface area contributed by atoms with E-state index >= 15 is 0 Å². The van der Waals surface area contributed by atoms with Crippen LogP contribution in [0.4, 0.5) is 4.79 Å². The number of ether oxygens (including phenoxy) is 1. The number of carbonyl (C=O) groups is 2. The average Bonchev–Trinajstić information content (AvgIpc) is 2.34. The third kappa shape index (κ3) is 4.75. The standard InChI is InChI=1S/C13H16ClNO3/c1-9(2)11(12(14)16)15-13(17)18-8-10-6-4-3-5-7-10/h3-7,9,11H,8H2,1-2H3,(H,15,17)/t11-/m0/s1. The number of nitrogens with one attached hydrogen (secondary N) is 1. The maximum absolute atomic E-state index is 11.5. The Labute approximate surface area is 111 Å². The van der Waals surface area contributed by atoms with Crippen LogP contribution in [0.2, 0.25) is 0 Å². The smallest absolute Gasteiger partial charge is 0.408 e. The molecule has 0 unspecified atom stereocenters.